The average Bonchev–Trinajstić information content (AvgIpc) is 2.35. The predicted molar refractivity (Wildman–Crippen MR) is 35.5 cm³/mol. The molecule has 1 aliphatic rings. The first-order chi connectivity index (χ1) is 4.49. The number of hydrogen-bond donors (Lipinski definition) is 1. The Balaban J connectivity index is 2.45. The fraction of sp³-hybridized carbons (Fsp3) is 0.600. The molecule has 4 nitrogen and oxygen atoms in total. The van der Waals surface area contributed by atoms with Gasteiger partial charge in [0, 0.05) is 0 Å². The van der Waals surface area contributed by atoms with E-state index in [-0.39, 0.29) is 0 Å². The van der Waals surface area contributed by atoms with Gasteiger partial charge in [0.25, 0.3) is 0 Å². The molecule has 0 aromatic heterocycles. The number of hydrogen-bond acceptors (Lipinski definition) is 3. The zero-order valence-electron chi connectivity index (χ0n) is 5.55. The molecule has 1 amide bonds. The van der Waals surface area contributed by atoms with Crippen LogP contribution in [0.15, 0.2) is 0 Å². The van der Waals surface area contributed by atoms with Crippen LogP contribution in [0.5, 0.6) is 0 Å². The van der Waals surface area contributed by atoms with Crippen molar-refractivity contribution in [3.8, 4) is 0 Å². The lowest BCUT2D eigenvalue weighted by Crippen LogP contribution is -2.29. The largest absolute Gasteiger partial charge is 0.273 e. The minimum absolute atomic E-state index is 0.442. The molecule has 0 unspecified atom stereocenters. The fourth-order valence-corrected chi connectivity index (χ4v) is 1.01. The third-order valence-corrected chi connectivity index (χ3v) is 1.66. The molecule has 5 heteroatoms. The summed E-state index contributed by atoms with van der Waals surface area (Å²) in [6, 6.07) is 0. The van der Waals surface area contributed by atoms with Gasteiger partial charge in [-0.05, 0) is 12.8 Å². The number of carbonyl (C=O) groups excluding carboxylic acids is 1. The van der Waals surface area contributed by atoms with E-state index >= 15 is 0 Å². The lowest BCUT2D eigenvalue weighted by molar-refractivity contribution is -0.116. The summed E-state index contributed by atoms with van der Waals surface area (Å²) in [6.07, 6.45) is 2.44. The van der Waals surface area contributed by atoms with Crippen molar-refractivity contribution in [3.63, 3.8) is 0 Å². The molecule has 0 aromatic rings. The highest BCUT2D eigenvalue weighted by molar-refractivity contribution is 7.89. The van der Waals surface area contributed by atoms with Crippen LogP contribution in [0.3, 0.4) is 0 Å². The summed E-state index contributed by atoms with van der Waals surface area (Å²) in [5, 5.41) is 0. The predicted octanol–water partition coefficient (Wildman–Crippen LogP) is -0.570. The van der Waals surface area contributed by atoms with Crippen LogP contribution in [0.2, 0.25) is 0 Å². The second kappa shape index (κ2) is 2.23. The average molecular weight is 162 g/mol. The highest BCUT2D eigenvalue weighted by Gasteiger charge is 2.32. The van der Waals surface area contributed by atoms with Crippen molar-refractivity contribution in [1.82, 2.24) is 4.72 Å². The first kappa shape index (κ1) is 7.53. The summed E-state index contributed by atoms with van der Waals surface area (Å²) in [7, 11) is -3.35. The van der Waals surface area contributed by atoms with Crippen LogP contribution in [0.25, 0.3) is 0 Å². The van der Waals surface area contributed by atoms with Gasteiger partial charge in [-0.25, -0.2) is 8.42 Å². The van der Waals surface area contributed by atoms with Crippen LogP contribution in [0.4, 0.5) is 0 Å². The molecule has 57 valence electrons. The van der Waals surface area contributed by atoms with Crippen molar-refractivity contribution >= 4 is 15.9 Å². The molecule has 1 aliphatic carbocycles. The van der Waals surface area contributed by atoms with E-state index in [1.54, 1.807) is 0 Å². The van der Waals surface area contributed by atoms with Gasteiger partial charge in [0.1, 0.15) is 0 Å². The number of amides is 1. The van der Waals surface area contributed by atoms with Crippen LogP contribution in [-0.2, 0) is 14.8 Å². The maximum Gasteiger partial charge on any atom is 0.240 e. The van der Waals surface area contributed by atoms with Crippen LogP contribution in [0, 0.1) is 5.92 Å². The summed E-state index contributed by atoms with van der Waals surface area (Å²) >= 11 is 0. The molecule has 10 heavy (non-hydrogen) atoms. The molecule has 0 saturated heterocycles. The van der Waals surface area contributed by atoms with E-state index < -0.39 is 15.9 Å². The smallest absolute Gasteiger partial charge is 0.240 e. The Labute approximate surface area is 59.7 Å². The Morgan fingerprint density at radius 1 is 1.50 bits per heavy atom. The van der Waals surface area contributed by atoms with E-state index in [4.69, 9.17) is 0 Å². The van der Waals surface area contributed by atoms with Gasteiger partial charge in [0.05, 0.1) is 12.2 Å². The molecule has 1 radical (unpaired) electrons. The number of carbonyl (C=O) groups is 1. The van der Waals surface area contributed by atoms with Crippen molar-refractivity contribution in [2.24, 2.45) is 0 Å². The number of sulfonamides is 1. The van der Waals surface area contributed by atoms with Gasteiger partial charge in [0.2, 0.25) is 15.9 Å². The molecule has 0 aromatic carbocycles. The first-order valence-corrected chi connectivity index (χ1v) is 4.75. The molecule has 0 heterocycles. The van der Waals surface area contributed by atoms with E-state index in [1.807, 2.05) is 4.72 Å². The standard InChI is InChI=1S/C5H8NO3S/c1-10(8,9)6-5(7)4-2-3-4/h2-3H2,1H3,(H,6,7). The Kier molecular flexibility index (Phi) is 1.68. The molecule has 1 fully saturated rings. The summed E-state index contributed by atoms with van der Waals surface area (Å²) in [5.41, 5.74) is 0. The molecule has 1 N–H and O–H groups in total. The quantitative estimate of drug-likeness (QED) is 0.591. The highest BCUT2D eigenvalue weighted by atomic mass is 32.2. The molecule has 0 bridgehead atoms. The van der Waals surface area contributed by atoms with E-state index in [0.29, 0.717) is 5.92 Å². The monoisotopic (exact) mass is 162 g/mol. The lowest BCUT2D eigenvalue weighted by Gasteiger charge is -1.97. The summed E-state index contributed by atoms with van der Waals surface area (Å²) in [6.45, 7) is 0. The third-order valence-electron chi connectivity index (χ3n) is 1.10. The lowest BCUT2D eigenvalue weighted by atomic mass is 10.4. The van der Waals surface area contributed by atoms with Gasteiger partial charge in [-0.2, -0.15) is 0 Å². The maximum atomic E-state index is 10.7. The second-order valence-corrected chi connectivity index (χ2v) is 4.06. The van der Waals surface area contributed by atoms with E-state index in [0.717, 1.165) is 19.1 Å². The molecule has 1 rings (SSSR count). The van der Waals surface area contributed by atoms with Gasteiger partial charge >= 0.3 is 0 Å². The maximum absolute atomic E-state index is 10.7. The fourth-order valence-electron chi connectivity index (χ4n) is 0.530. The Hall–Kier alpha value is -0.580. The van der Waals surface area contributed by atoms with Crippen LogP contribution in [-0.4, -0.2) is 20.6 Å². The topological polar surface area (TPSA) is 63.2 Å². The summed E-state index contributed by atoms with van der Waals surface area (Å²) in [4.78, 5) is 10.7. The number of rotatable bonds is 2. The highest BCUT2D eigenvalue weighted by Crippen LogP contribution is 2.31. The molecular weight excluding hydrogens is 154 g/mol. The van der Waals surface area contributed by atoms with E-state index in [9.17, 15) is 13.2 Å². The van der Waals surface area contributed by atoms with Crippen LogP contribution < -0.4 is 4.72 Å². The van der Waals surface area contributed by atoms with Gasteiger partial charge in [-0.15, -0.1) is 0 Å². The van der Waals surface area contributed by atoms with Crippen molar-refractivity contribution < 1.29 is 13.2 Å². The molecule has 0 aliphatic heterocycles. The van der Waals surface area contributed by atoms with Crippen molar-refractivity contribution in [2.75, 3.05) is 6.26 Å². The zero-order chi connectivity index (χ0) is 7.78. The zero-order valence-corrected chi connectivity index (χ0v) is 6.36. The molecular formula is C5H8NO3S. The van der Waals surface area contributed by atoms with Gasteiger partial charge < -0.3 is 0 Å². The summed E-state index contributed by atoms with van der Waals surface area (Å²) in [5.74, 6) is 0.230. The molecule has 1 saturated carbocycles. The van der Waals surface area contributed by atoms with Crippen molar-refractivity contribution in [2.45, 2.75) is 12.8 Å². The minimum atomic E-state index is -3.35. The third kappa shape index (κ3) is 2.34. The first-order valence-electron chi connectivity index (χ1n) is 2.86. The summed E-state index contributed by atoms with van der Waals surface area (Å²) < 4.78 is 22.7. The SMILES string of the molecule is CS(=O)(=O)NC(=O)[C]1CC1. The molecule has 0 spiro atoms. The van der Waals surface area contributed by atoms with Gasteiger partial charge in [-0.1, -0.05) is 0 Å². The minimum Gasteiger partial charge on any atom is -0.273 e. The second-order valence-electron chi connectivity index (χ2n) is 2.31. The van der Waals surface area contributed by atoms with Crippen molar-refractivity contribution in [3.05, 3.63) is 5.92 Å². The van der Waals surface area contributed by atoms with Gasteiger partial charge in [0.15, 0.2) is 0 Å². The van der Waals surface area contributed by atoms with Crippen LogP contribution in [0.1, 0.15) is 12.8 Å². The van der Waals surface area contributed by atoms with Crippen LogP contribution >= 0.6 is 0 Å². The van der Waals surface area contributed by atoms with E-state index in [1.165, 1.54) is 0 Å². The Bertz CT molecular complexity index is 240. The van der Waals surface area contributed by atoms with Crippen molar-refractivity contribution in [1.29, 1.82) is 0 Å². The number of nitrogens with one attached hydrogen (secondary N) is 1. The Morgan fingerprint density at radius 2 is 2.00 bits per heavy atom. The van der Waals surface area contributed by atoms with Gasteiger partial charge in [-0.3, -0.25) is 9.52 Å². The molecule has 0 atom stereocenters. The Morgan fingerprint density at radius 3 is 2.30 bits per heavy atom. The normalized spacial score (nSPS) is 18.5. The van der Waals surface area contributed by atoms with E-state index in [2.05, 4.69) is 0 Å².